The van der Waals surface area contributed by atoms with Crippen LogP contribution in [-0.2, 0) is 0 Å². The molecule has 3 aromatic carbocycles. The van der Waals surface area contributed by atoms with Crippen LogP contribution in [0.4, 0.5) is 5.69 Å². The molecule has 2 bridgehead atoms. The summed E-state index contributed by atoms with van der Waals surface area (Å²) in [5, 5.41) is 2.61. The molecule has 0 N–H and O–H groups in total. The number of guanidine groups is 1. The van der Waals surface area contributed by atoms with E-state index in [1.807, 2.05) is 0 Å². The van der Waals surface area contributed by atoms with Crippen LogP contribution in [0.5, 0.6) is 0 Å². The van der Waals surface area contributed by atoms with Crippen LogP contribution in [0.15, 0.2) is 77.8 Å². The van der Waals surface area contributed by atoms with E-state index in [2.05, 4.69) is 115 Å². The van der Waals surface area contributed by atoms with Crippen molar-refractivity contribution in [3.05, 3.63) is 72.8 Å². The number of fused-ring (bicyclic) bond motifs is 3. The van der Waals surface area contributed by atoms with E-state index in [9.17, 15) is 0 Å². The molecule has 4 aromatic rings. The van der Waals surface area contributed by atoms with Gasteiger partial charge in [-0.15, -0.1) is 0 Å². The molecule has 8 rings (SSSR count). The number of rotatable bonds is 2. The van der Waals surface area contributed by atoms with Gasteiger partial charge < -0.3 is 14.4 Å². The van der Waals surface area contributed by atoms with E-state index in [1.165, 1.54) is 77.7 Å². The van der Waals surface area contributed by atoms with E-state index in [0.29, 0.717) is 0 Å². The lowest BCUT2D eigenvalue weighted by molar-refractivity contribution is -0.0775. The van der Waals surface area contributed by atoms with Crippen LogP contribution in [0.3, 0.4) is 0 Å². The molecule has 4 nitrogen and oxygen atoms in total. The number of hydrogen-bond acceptors (Lipinski definition) is 3. The Kier molecular flexibility index (Phi) is 3.99. The average molecular weight is 489 g/mol. The summed E-state index contributed by atoms with van der Waals surface area (Å²) < 4.78 is 2.41. The number of benzene rings is 3. The van der Waals surface area contributed by atoms with E-state index in [0.717, 1.165) is 0 Å². The molecule has 0 atom stereocenters. The van der Waals surface area contributed by atoms with Gasteiger partial charge in [-0.05, 0) is 103 Å². The second kappa shape index (κ2) is 6.78. The minimum absolute atomic E-state index is 0.0111. The van der Waals surface area contributed by atoms with Gasteiger partial charge in [-0.3, -0.25) is 0 Å². The van der Waals surface area contributed by atoms with Gasteiger partial charge in [0.25, 0.3) is 0 Å². The lowest BCUT2D eigenvalue weighted by Gasteiger charge is -2.62. The highest BCUT2D eigenvalue weighted by Crippen LogP contribution is 2.64. The Morgan fingerprint density at radius 2 is 1.14 bits per heavy atom. The van der Waals surface area contributed by atoms with Gasteiger partial charge in [-0.25, -0.2) is 4.99 Å². The molecule has 4 heteroatoms. The number of piperidine rings is 2. The van der Waals surface area contributed by atoms with E-state index < -0.39 is 0 Å². The van der Waals surface area contributed by atoms with Crippen molar-refractivity contribution >= 4 is 33.5 Å². The zero-order valence-electron chi connectivity index (χ0n) is 22.5. The number of nitrogens with zero attached hydrogens (tertiary/aromatic N) is 4. The van der Waals surface area contributed by atoms with Gasteiger partial charge in [-0.2, -0.15) is 0 Å². The Morgan fingerprint density at radius 3 is 1.73 bits per heavy atom. The second-order valence-electron chi connectivity index (χ2n) is 12.9. The van der Waals surface area contributed by atoms with E-state index in [4.69, 9.17) is 4.99 Å². The summed E-state index contributed by atoms with van der Waals surface area (Å²) in [5.41, 5.74) is 5.26. The third-order valence-electron chi connectivity index (χ3n) is 10.8. The largest absolute Gasteiger partial charge is 0.326 e. The minimum atomic E-state index is -0.0495. The first-order valence-corrected chi connectivity index (χ1v) is 14.1. The maximum Gasteiger partial charge on any atom is 0.203 e. The molecule has 3 fully saturated rings. The molecule has 0 spiro atoms. The maximum atomic E-state index is 5.52. The molecule has 0 radical (unpaired) electrons. The van der Waals surface area contributed by atoms with E-state index in [-0.39, 0.29) is 22.2 Å². The highest BCUT2D eigenvalue weighted by Gasteiger charge is 2.74. The van der Waals surface area contributed by atoms with Crippen LogP contribution in [0.25, 0.3) is 27.5 Å². The first-order chi connectivity index (χ1) is 17.8. The van der Waals surface area contributed by atoms with Crippen molar-refractivity contribution in [3.63, 3.8) is 0 Å². The van der Waals surface area contributed by atoms with Gasteiger partial charge in [0.1, 0.15) is 0 Å². The SMILES string of the molecule is CC1(C)N=C2N(c3ccc(-n4c5ccccc5c5ccccc54)cc3)C(C)(C)C34CCCC1(CCC3)N24. The lowest BCUT2D eigenvalue weighted by Crippen LogP contribution is -2.72. The Balaban J connectivity index is 1.28. The first-order valence-electron chi connectivity index (χ1n) is 14.1. The lowest BCUT2D eigenvalue weighted by atomic mass is 9.58. The summed E-state index contributed by atoms with van der Waals surface area (Å²) in [5.74, 6) is 1.22. The molecule has 0 saturated carbocycles. The molecule has 37 heavy (non-hydrogen) atoms. The summed E-state index contributed by atoms with van der Waals surface area (Å²) in [7, 11) is 0. The molecule has 0 unspecified atom stereocenters. The van der Waals surface area contributed by atoms with Crippen LogP contribution >= 0.6 is 0 Å². The molecular formula is C33H36N4. The van der Waals surface area contributed by atoms with Crippen molar-refractivity contribution in [1.29, 1.82) is 0 Å². The highest BCUT2D eigenvalue weighted by atomic mass is 15.6. The number of anilines is 1. The standard InChI is InChI=1S/C33H36N4/c1-30(2)32-19-9-21-33(22-10-20-32)31(3,4)36(29(34-30)37(32)33)24-17-15-23(16-18-24)35-27-13-7-5-11-25(27)26-12-6-8-14-28(26)35/h5-8,11-18H,9-10,19-22H2,1-4H3. The van der Waals surface area contributed by atoms with E-state index in [1.54, 1.807) is 0 Å². The number of aliphatic imine (C=N–C) groups is 1. The number of aromatic nitrogens is 1. The second-order valence-corrected chi connectivity index (χ2v) is 12.9. The summed E-state index contributed by atoms with van der Waals surface area (Å²) >= 11 is 0. The predicted molar refractivity (Wildman–Crippen MR) is 154 cm³/mol. The van der Waals surface area contributed by atoms with Crippen molar-refractivity contribution in [3.8, 4) is 5.69 Å². The third-order valence-corrected chi connectivity index (χ3v) is 10.8. The van der Waals surface area contributed by atoms with Gasteiger partial charge in [0.05, 0.1) is 33.2 Å². The van der Waals surface area contributed by atoms with Gasteiger partial charge in [0, 0.05) is 22.1 Å². The summed E-state index contributed by atoms with van der Waals surface area (Å²) in [6.07, 6.45) is 7.70. The molecule has 188 valence electrons. The summed E-state index contributed by atoms with van der Waals surface area (Å²) in [4.78, 5) is 11.0. The maximum absolute atomic E-state index is 5.52. The van der Waals surface area contributed by atoms with Crippen molar-refractivity contribution < 1.29 is 0 Å². The van der Waals surface area contributed by atoms with Crippen LogP contribution < -0.4 is 4.90 Å². The quantitative estimate of drug-likeness (QED) is 0.289. The van der Waals surface area contributed by atoms with Crippen molar-refractivity contribution in [1.82, 2.24) is 9.47 Å². The minimum Gasteiger partial charge on any atom is -0.326 e. The highest BCUT2D eigenvalue weighted by molar-refractivity contribution is 6.09. The average Bonchev–Trinajstić information content (AvgIpc) is 3.42. The van der Waals surface area contributed by atoms with Gasteiger partial charge in [0.2, 0.25) is 5.96 Å². The fourth-order valence-electron chi connectivity index (χ4n) is 9.01. The Bertz CT molecular complexity index is 1540. The third kappa shape index (κ3) is 2.39. The first kappa shape index (κ1) is 21.8. The molecule has 0 aliphatic carbocycles. The zero-order valence-corrected chi connectivity index (χ0v) is 22.5. The zero-order chi connectivity index (χ0) is 25.2. The Morgan fingerprint density at radius 1 is 0.622 bits per heavy atom. The molecule has 1 aromatic heterocycles. The molecule has 0 amide bonds. The van der Waals surface area contributed by atoms with Crippen LogP contribution in [-0.4, -0.2) is 37.6 Å². The van der Waals surface area contributed by atoms with Gasteiger partial charge in [-0.1, -0.05) is 36.4 Å². The molecule has 5 heterocycles. The van der Waals surface area contributed by atoms with Gasteiger partial charge in [0.15, 0.2) is 0 Å². The van der Waals surface area contributed by atoms with Crippen LogP contribution in [0.2, 0.25) is 0 Å². The molecular weight excluding hydrogens is 452 g/mol. The summed E-state index contributed by atoms with van der Waals surface area (Å²) in [6.45, 7) is 9.72. The van der Waals surface area contributed by atoms with Crippen molar-refractivity contribution in [2.45, 2.75) is 88.4 Å². The van der Waals surface area contributed by atoms with Crippen molar-refractivity contribution in [2.75, 3.05) is 4.90 Å². The van der Waals surface area contributed by atoms with Crippen LogP contribution in [0.1, 0.15) is 66.2 Å². The number of para-hydroxylation sites is 2. The molecule has 3 saturated heterocycles. The molecule has 4 aliphatic heterocycles. The Hall–Kier alpha value is -3.27. The fourth-order valence-corrected chi connectivity index (χ4v) is 9.01. The predicted octanol–water partition coefficient (Wildman–Crippen LogP) is 7.68. The fraction of sp³-hybridized carbons (Fsp3) is 0.424. The normalized spacial score (nSPS) is 29.1. The molecule has 4 aliphatic rings. The van der Waals surface area contributed by atoms with E-state index >= 15 is 0 Å². The van der Waals surface area contributed by atoms with Crippen molar-refractivity contribution in [2.24, 2.45) is 4.99 Å². The topological polar surface area (TPSA) is 23.8 Å². The Labute approximate surface area is 219 Å². The monoisotopic (exact) mass is 488 g/mol. The van der Waals surface area contributed by atoms with Crippen LogP contribution in [0, 0.1) is 0 Å². The van der Waals surface area contributed by atoms with Gasteiger partial charge >= 0.3 is 0 Å². The summed E-state index contributed by atoms with van der Waals surface area (Å²) in [6, 6.07) is 26.8. The number of hydrogen-bond donors (Lipinski definition) is 0. The smallest absolute Gasteiger partial charge is 0.203 e.